The molecule has 2 aliphatic rings. The highest BCUT2D eigenvalue weighted by molar-refractivity contribution is 5.62. The summed E-state index contributed by atoms with van der Waals surface area (Å²) >= 11 is 0. The fourth-order valence-corrected chi connectivity index (χ4v) is 3.12. The van der Waals surface area contributed by atoms with E-state index in [9.17, 15) is 0 Å². The third kappa shape index (κ3) is 2.44. The Bertz CT molecular complexity index is 467. The molecule has 2 aliphatic heterocycles. The van der Waals surface area contributed by atoms with Crippen LogP contribution in [0.1, 0.15) is 25.8 Å². The Morgan fingerprint density at radius 2 is 2.05 bits per heavy atom. The van der Waals surface area contributed by atoms with Crippen molar-refractivity contribution in [2.75, 3.05) is 43.4 Å². The van der Waals surface area contributed by atoms with Gasteiger partial charge in [0.25, 0.3) is 0 Å². The number of aryl methyl sites for hydroxylation is 1. The van der Waals surface area contributed by atoms with Crippen LogP contribution >= 0.6 is 0 Å². The lowest BCUT2D eigenvalue weighted by Crippen LogP contribution is -2.57. The van der Waals surface area contributed by atoms with Gasteiger partial charge >= 0.3 is 0 Å². The van der Waals surface area contributed by atoms with Crippen molar-refractivity contribution in [1.29, 1.82) is 0 Å². The second kappa shape index (κ2) is 4.71. The van der Waals surface area contributed by atoms with Crippen LogP contribution in [0, 0.1) is 0 Å². The van der Waals surface area contributed by atoms with Crippen molar-refractivity contribution in [3.05, 3.63) is 23.8 Å². The van der Waals surface area contributed by atoms with Crippen LogP contribution < -0.4 is 10.2 Å². The number of piperazine rings is 1. The molecule has 1 aromatic rings. The van der Waals surface area contributed by atoms with Crippen molar-refractivity contribution in [1.82, 2.24) is 4.90 Å². The largest absolute Gasteiger partial charge is 0.385 e. The predicted octanol–water partition coefficient (Wildman–Crippen LogP) is 2.58. The highest BCUT2D eigenvalue weighted by Crippen LogP contribution is 2.30. The summed E-state index contributed by atoms with van der Waals surface area (Å²) in [5.41, 5.74) is 4.47. The molecule has 1 N–H and O–H groups in total. The van der Waals surface area contributed by atoms with E-state index < -0.39 is 0 Å². The Balaban J connectivity index is 1.83. The molecule has 3 rings (SSSR count). The van der Waals surface area contributed by atoms with Crippen LogP contribution in [0.5, 0.6) is 0 Å². The lowest BCUT2D eigenvalue weighted by Gasteiger charge is -2.46. The van der Waals surface area contributed by atoms with Crippen LogP contribution in [0.3, 0.4) is 0 Å². The van der Waals surface area contributed by atoms with E-state index in [0.717, 1.165) is 26.2 Å². The number of nitrogens with zero attached hydrogens (tertiary/aromatic N) is 2. The Labute approximate surface area is 116 Å². The van der Waals surface area contributed by atoms with Gasteiger partial charge < -0.3 is 10.2 Å². The van der Waals surface area contributed by atoms with E-state index in [0.29, 0.717) is 0 Å². The maximum absolute atomic E-state index is 3.49. The van der Waals surface area contributed by atoms with Crippen molar-refractivity contribution >= 4 is 11.4 Å². The van der Waals surface area contributed by atoms with Crippen molar-refractivity contribution in [3.63, 3.8) is 0 Å². The molecule has 104 valence electrons. The molecule has 0 saturated carbocycles. The zero-order chi connectivity index (χ0) is 13.5. The normalized spacial score (nSPS) is 22.8. The van der Waals surface area contributed by atoms with Crippen LogP contribution in [-0.2, 0) is 6.42 Å². The predicted molar refractivity (Wildman–Crippen MR) is 82.2 cm³/mol. The van der Waals surface area contributed by atoms with Crippen LogP contribution in [0.25, 0.3) is 0 Å². The van der Waals surface area contributed by atoms with Gasteiger partial charge in [-0.05, 0) is 57.5 Å². The minimum atomic E-state index is 0.256. The van der Waals surface area contributed by atoms with E-state index in [-0.39, 0.29) is 5.54 Å². The first kappa shape index (κ1) is 12.8. The Morgan fingerprint density at radius 3 is 2.84 bits per heavy atom. The summed E-state index contributed by atoms with van der Waals surface area (Å²) in [5, 5.41) is 3.49. The third-order valence-electron chi connectivity index (χ3n) is 4.71. The van der Waals surface area contributed by atoms with Gasteiger partial charge in [-0.1, -0.05) is 0 Å². The van der Waals surface area contributed by atoms with E-state index in [1.54, 1.807) is 0 Å². The van der Waals surface area contributed by atoms with Gasteiger partial charge in [0.05, 0.1) is 0 Å². The molecule has 1 aromatic carbocycles. The van der Waals surface area contributed by atoms with Crippen molar-refractivity contribution in [2.45, 2.75) is 32.2 Å². The Hall–Kier alpha value is -1.22. The summed E-state index contributed by atoms with van der Waals surface area (Å²) in [6.07, 6.45) is 2.47. The fraction of sp³-hybridized carbons (Fsp3) is 0.625. The van der Waals surface area contributed by atoms with Gasteiger partial charge in [-0.2, -0.15) is 0 Å². The molecule has 1 fully saturated rings. The molecule has 0 aromatic heterocycles. The molecule has 0 unspecified atom stereocenters. The topological polar surface area (TPSA) is 18.5 Å². The molecule has 0 aliphatic carbocycles. The molecule has 19 heavy (non-hydrogen) atoms. The minimum Gasteiger partial charge on any atom is -0.385 e. The first-order chi connectivity index (χ1) is 9.06. The van der Waals surface area contributed by atoms with Gasteiger partial charge in [0, 0.05) is 43.1 Å². The second-order valence-corrected chi connectivity index (χ2v) is 6.53. The first-order valence-corrected chi connectivity index (χ1v) is 7.39. The Kier molecular flexibility index (Phi) is 3.17. The van der Waals surface area contributed by atoms with E-state index in [2.05, 4.69) is 54.2 Å². The first-order valence-electron chi connectivity index (χ1n) is 7.39. The number of nitrogens with one attached hydrogen (secondary N) is 1. The summed E-state index contributed by atoms with van der Waals surface area (Å²) in [4.78, 5) is 5.00. The monoisotopic (exact) mass is 259 g/mol. The molecule has 0 bridgehead atoms. The molecule has 0 spiro atoms. The zero-order valence-electron chi connectivity index (χ0n) is 12.4. The Morgan fingerprint density at radius 1 is 1.21 bits per heavy atom. The SMILES string of the molecule is CN1CCN(c2ccc3c(c2)CCCN3)CC1(C)C. The smallest absolute Gasteiger partial charge is 0.0374 e. The van der Waals surface area contributed by atoms with Crippen LogP contribution in [0.15, 0.2) is 18.2 Å². The summed E-state index contributed by atoms with van der Waals surface area (Å²) in [6, 6.07) is 6.93. The third-order valence-corrected chi connectivity index (χ3v) is 4.71. The van der Waals surface area contributed by atoms with Crippen molar-refractivity contribution in [2.24, 2.45) is 0 Å². The molecule has 0 atom stereocenters. The average Bonchev–Trinajstić information content (AvgIpc) is 2.41. The molecular weight excluding hydrogens is 234 g/mol. The van der Waals surface area contributed by atoms with E-state index in [1.807, 2.05) is 0 Å². The van der Waals surface area contributed by atoms with E-state index >= 15 is 0 Å². The molecule has 3 nitrogen and oxygen atoms in total. The van der Waals surface area contributed by atoms with Crippen molar-refractivity contribution < 1.29 is 0 Å². The quantitative estimate of drug-likeness (QED) is 0.836. The number of anilines is 2. The molecule has 0 radical (unpaired) electrons. The lowest BCUT2D eigenvalue weighted by molar-refractivity contribution is 0.139. The number of fused-ring (bicyclic) bond motifs is 1. The highest BCUT2D eigenvalue weighted by Gasteiger charge is 2.31. The van der Waals surface area contributed by atoms with Crippen LogP contribution in [0.4, 0.5) is 11.4 Å². The van der Waals surface area contributed by atoms with Gasteiger partial charge in [-0.25, -0.2) is 0 Å². The number of hydrogen-bond donors (Lipinski definition) is 1. The summed E-state index contributed by atoms with van der Waals surface area (Å²) < 4.78 is 0. The maximum Gasteiger partial charge on any atom is 0.0374 e. The van der Waals surface area contributed by atoms with Gasteiger partial charge in [-0.3, -0.25) is 4.90 Å². The summed E-state index contributed by atoms with van der Waals surface area (Å²) in [6.45, 7) is 9.16. The summed E-state index contributed by atoms with van der Waals surface area (Å²) in [5.74, 6) is 0. The fourth-order valence-electron chi connectivity index (χ4n) is 3.12. The minimum absolute atomic E-state index is 0.256. The molecule has 2 heterocycles. The van der Waals surface area contributed by atoms with Crippen LogP contribution in [-0.4, -0.2) is 43.7 Å². The highest BCUT2D eigenvalue weighted by atomic mass is 15.3. The second-order valence-electron chi connectivity index (χ2n) is 6.53. The average molecular weight is 259 g/mol. The van der Waals surface area contributed by atoms with Gasteiger partial charge in [-0.15, -0.1) is 0 Å². The maximum atomic E-state index is 3.49. The lowest BCUT2D eigenvalue weighted by atomic mass is 9.98. The van der Waals surface area contributed by atoms with Gasteiger partial charge in [0.2, 0.25) is 0 Å². The number of likely N-dealkylation sites (N-methyl/N-ethyl adjacent to an activating group) is 1. The molecular formula is C16H25N3. The standard InChI is InChI=1S/C16H25N3/c1-16(2)12-19(10-9-18(16)3)14-6-7-15-13(11-14)5-4-8-17-15/h6-7,11,17H,4-5,8-10,12H2,1-3H3. The van der Waals surface area contributed by atoms with E-state index in [1.165, 1.54) is 29.8 Å². The van der Waals surface area contributed by atoms with E-state index in [4.69, 9.17) is 0 Å². The molecule has 0 amide bonds. The van der Waals surface area contributed by atoms with Gasteiger partial charge in [0.15, 0.2) is 0 Å². The number of benzene rings is 1. The number of rotatable bonds is 1. The van der Waals surface area contributed by atoms with Crippen molar-refractivity contribution in [3.8, 4) is 0 Å². The number of hydrogen-bond acceptors (Lipinski definition) is 3. The zero-order valence-corrected chi connectivity index (χ0v) is 12.4. The summed E-state index contributed by atoms with van der Waals surface area (Å²) in [7, 11) is 2.23. The van der Waals surface area contributed by atoms with Gasteiger partial charge in [0.1, 0.15) is 0 Å². The molecule has 3 heteroatoms. The van der Waals surface area contributed by atoms with Crippen LogP contribution in [0.2, 0.25) is 0 Å². The molecule has 1 saturated heterocycles.